The van der Waals surface area contributed by atoms with E-state index in [2.05, 4.69) is 25.9 Å². The number of carbonyl (C=O) groups is 5. The summed E-state index contributed by atoms with van der Waals surface area (Å²) in [6.07, 6.45) is 3.00. The lowest BCUT2D eigenvalue weighted by atomic mass is 10.0. The number of carboxylic acid groups (broad SMARTS) is 1. The van der Waals surface area contributed by atoms with E-state index in [0.717, 1.165) is 48.1 Å². The fourth-order valence-corrected chi connectivity index (χ4v) is 6.98. The molecule has 0 radical (unpaired) electrons. The van der Waals surface area contributed by atoms with Crippen LogP contribution in [0.1, 0.15) is 75.6 Å². The van der Waals surface area contributed by atoms with Crippen molar-refractivity contribution in [3.8, 4) is 22.4 Å². The molecule has 278 valence electrons. The smallest absolute Gasteiger partial charge is 0.407 e. The quantitative estimate of drug-likeness (QED) is 0.177. The summed E-state index contributed by atoms with van der Waals surface area (Å²) >= 11 is 0. The number of nitrogens with zero attached hydrogens (tertiary/aromatic N) is 3. The molecule has 0 aliphatic carbocycles. The second-order valence-corrected chi connectivity index (χ2v) is 14.1. The van der Waals surface area contributed by atoms with Gasteiger partial charge in [-0.2, -0.15) is 0 Å². The van der Waals surface area contributed by atoms with Gasteiger partial charge in [0.2, 0.25) is 11.8 Å². The van der Waals surface area contributed by atoms with Crippen LogP contribution in [0.15, 0.2) is 54.7 Å². The van der Waals surface area contributed by atoms with E-state index in [9.17, 15) is 29.1 Å². The fraction of sp³-hybridized carbons (Fsp3) is 0.474. The summed E-state index contributed by atoms with van der Waals surface area (Å²) in [5.41, 5.74) is 4.15. The van der Waals surface area contributed by atoms with Crippen molar-refractivity contribution in [1.82, 2.24) is 35.7 Å². The average Bonchev–Trinajstić information content (AvgIpc) is 3.92. The van der Waals surface area contributed by atoms with Gasteiger partial charge in [0, 0.05) is 31.2 Å². The minimum absolute atomic E-state index is 0.117. The van der Waals surface area contributed by atoms with Crippen molar-refractivity contribution in [2.45, 2.75) is 77.5 Å². The second kappa shape index (κ2) is 16.7. The third-order valence-corrected chi connectivity index (χ3v) is 9.88. The summed E-state index contributed by atoms with van der Waals surface area (Å²) in [6, 6.07) is 13.3. The third-order valence-electron chi connectivity index (χ3n) is 9.88. The van der Waals surface area contributed by atoms with Gasteiger partial charge in [0.15, 0.2) is 0 Å². The van der Waals surface area contributed by atoms with Crippen molar-refractivity contribution in [2.24, 2.45) is 11.8 Å². The highest BCUT2D eigenvalue weighted by Gasteiger charge is 2.38. The summed E-state index contributed by atoms with van der Waals surface area (Å²) in [4.78, 5) is 74.3. The number of aromatic nitrogens is 2. The van der Waals surface area contributed by atoms with Crippen molar-refractivity contribution in [2.75, 3.05) is 26.7 Å². The number of amides is 5. The molecule has 5 N–H and O–H groups in total. The fourth-order valence-electron chi connectivity index (χ4n) is 6.98. The summed E-state index contributed by atoms with van der Waals surface area (Å²) in [6.45, 7) is 8.75. The summed E-state index contributed by atoms with van der Waals surface area (Å²) in [5, 5.41) is 17.1. The Bertz CT molecular complexity index is 1740. The molecule has 0 bridgehead atoms. The number of methoxy groups -OCH3 is 1. The number of H-pyrrole nitrogens is 1. The van der Waals surface area contributed by atoms with Gasteiger partial charge in [0.1, 0.15) is 17.9 Å². The Hall–Kier alpha value is -5.40. The van der Waals surface area contributed by atoms with Crippen LogP contribution in [0.3, 0.4) is 0 Å². The van der Waals surface area contributed by atoms with Gasteiger partial charge in [0.05, 0.1) is 25.0 Å². The lowest BCUT2D eigenvalue weighted by Gasteiger charge is -2.30. The van der Waals surface area contributed by atoms with Gasteiger partial charge in [-0.05, 0) is 66.3 Å². The minimum Gasteiger partial charge on any atom is -0.465 e. The maximum atomic E-state index is 13.5. The van der Waals surface area contributed by atoms with Gasteiger partial charge in [-0.25, -0.2) is 14.6 Å². The lowest BCUT2D eigenvalue weighted by molar-refractivity contribution is -0.136. The molecule has 0 spiro atoms. The van der Waals surface area contributed by atoms with Crippen LogP contribution in [0.4, 0.5) is 9.59 Å². The zero-order chi connectivity index (χ0) is 37.5. The molecule has 2 aliphatic heterocycles. The van der Waals surface area contributed by atoms with Crippen molar-refractivity contribution < 1.29 is 33.8 Å². The first kappa shape index (κ1) is 37.8. The van der Waals surface area contributed by atoms with E-state index in [4.69, 9.17) is 4.74 Å². The molecule has 0 saturated carbocycles. The number of hydrogen-bond acceptors (Lipinski definition) is 7. The van der Waals surface area contributed by atoms with Gasteiger partial charge in [0.25, 0.3) is 5.91 Å². The Morgan fingerprint density at radius 1 is 0.827 bits per heavy atom. The number of hydrogen-bond donors (Lipinski definition) is 5. The average molecular weight is 716 g/mol. The number of alkyl carbamates (subject to hydrolysis) is 1. The molecule has 52 heavy (non-hydrogen) atoms. The molecular weight excluding hydrogens is 666 g/mol. The van der Waals surface area contributed by atoms with Gasteiger partial charge in [-0.15, -0.1) is 0 Å². The Labute approximate surface area is 303 Å². The van der Waals surface area contributed by atoms with E-state index in [1.165, 1.54) is 7.11 Å². The molecule has 2 saturated heterocycles. The Balaban J connectivity index is 1.18. The van der Waals surface area contributed by atoms with E-state index in [1.54, 1.807) is 42.0 Å². The standard InChI is InChI=1S/C38H49N7O7/c1-22(2)31(42-37(49)50)35(47)44-18-6-8-28(44)20-40-34(46)27-16-12-25(13-17-27)24-10-14-26(15-11-24)29-21-39-33(41-29)30-9-7-19-45(30)36(48)32(23(3)4)43-38(51)52-5/h10-17,21-23,28,30-32,42H,6-9,18-20H2,1-5H3,(H,39,41)(H,40,46)(H,43,51)(H,49,50)/t28-,30-,31-,32-/m0/s1. The molecule has 2 aromatic carbocycles. The summed E-state index contributed by atoms with van der Waals surface area (Å²) in [5.74, 6) is -0.302. The first-order chi connectivity index (χ1) is 24.9. The van der Waals surface area contributed by atoms with Crippen LogP contribution in [0, 0.1) is 11.8 Å². The van der Waals surface area contributed by atoms with Crippen LogP contribution in [0.5, 0.6) is 0 Å². The summed E-state index contributed by atoms with van der Waals surface area (Å²) in [7, 11) is 1.28. The van der Waals surface area contributed by atoms with Crippen LogP contribution in [0.25, 0.3) is 22.4 Å². The van der Waals surface area contributed by atoms with E-state index in [1.807, 2.05) is 50.2 Å². The van der Waals surface area contributed by atoms with Gasteiger partial charge < -0.3 is 40.6 Å². The summed E-state index contributed by atoms with van der Waals surface area (Å²) < 4.78 is 4.73. The molecule has 4 atom stereocenters. The minimum atomic E-state index is -1.24. The number of ether oxygens (including phenoxy) is 1. The Kier molecular flexibility index (Phi) is 12.2. The molecule has 2 aliphatic rings. The van der Waals surface area contributed by atoms with Gasteiger partial charge >= 0.3 is 12.2 Å². The van der Waals surface area contributed by atoms with Crippen LogP contribution in [0.2, 0.25) is 0 Å². The molecule has 0 unspecified atom stereocenters. The zero-order valence-electron chi connectivity index (χ0n) is 30.3. The highest BCUT2D eigenvalue weighted by Crippen LogP contribution is 2.33. The Morgan fingerprint density at radius 2 is 1.38 bits per heavy atom. The van der Waals surface area contributed by atoms with Crippen molar-refractivity contribution in [3.63, 3.8) is 0 Å². The molecule has 14 nitrogen and oxygen atoms in total. The predicted octanol–water partition coefficient (Wildman–Crippen LogP) is 4.80. The number of imidazole rings is 1. The number of nitrogens with one attached hydrogen (secondary N) is 4. The zero-order valence-corrected chi connectivity index (χ0v) is 30.3. The number of carbonyl (C=O) groups excluding carboxylic acids is 4. The molecule has 3 heterocycles. The maximum absolute atomic E-state index is 13.5. The molecule has 5 rings (SSSR count). The van der Waals surface area contributed by atoms with E-state index in [0.29, 0.717) is 24.5 Å². The van der Waals surface area contributed by atoms with Crippen LogP contribution >= 0.6 is 0 Å². The van der Waals surface area contributed by atoms with E-state index < -0.39 is 24.3 Å². The van der Waals surface area contributed by atoms with Gasteiger partial charge in [-0.1, -0.05) is 64.1 Å². The van der Waals surface area contributed by atoms with Crippen molar-refractivity contribution in [3.05, 3.63) is 66.1 Å². The topological polar surface area (TPSA) is 186 Å². The highest BCUT2D eigenvalue weighted by molar-refractivity contribution is 5.95. The van der Waals surface area contributed by atoms with Crippen molar-refractivity contribution in [1.29, 1.82) is 0 Å². The van der Waals surface area contributed by atoms with Crippen LogP contribution in [-0.2, 0) is 14.3 Å². The number of aromatic amines is 1. The molecule has 2 fully saturated rings. The lowest BCUT2D eigenvalue weighted by Crippen LogP contribution is -2.53. The molecule has 5 amide bonds. The second-order valence-electron chi connectivity index (χ2n) is 14.1. The molecule has 1 aromatic heterocycles. The number of benzene rings is 2. The molecule has 14 heteroatoms. The first-order valence-corrected chi connectivity index (χ1v) is 17.9. The highest BCUT2D eigenvalue weighted by atomic mass is 16.5. The number of rotatable bonds is 12. The molecular formula is C38H49N7O7. The normalized spacial score (nSPS) is 18.3. The maximum Gasteiger partial charge on any atom is 0.407 e. The monoisotopic (exact) mass is 715 g/mol. The SMILES string of the molecule is COC(=O)N[C@H](C(=O)N1CCC[C@H]1c1ncc(-c2ccc(-c3ccc(C(=O)NC[C@@H]4CCCN4C(=O)[C@@H](NC(=O)O)C(C)C)cc3)cc2)[nH]1)C(C)C. The Morgan fingerprint density at radius 3 is 2.00 bits per heavy atom. The van der Waals surface area contributed by atoms with E-state index >= 15 is 0 Å². The number of likely N-dealkylation sites (tertiary alicyclic amines) is 2. The molecule has 3 aromatic rings. The van der Waals surface area contributed by atoms with E-state index in [-0.39, 0.29) is 48.2 Å². The van der Waals surface area contributed by atoms with Gasteiger partial charge in [-0.3, -0.25) is 14.4 Å². The van der Waals surface area contributed by atoms with Crippen molar-refractivity contribution >= 4 is 29.9 Å². The first-order valence-electron chi connectivity index (χ1n) is 17.9. The predicted molar refractivity (Wildman–Crippen MR) is 194 cm³/mol. The van der Waals surface area contributed by atoms with Crippen LogP contribution in [-0.4, -0.2) is 99.7 Å². The third kappa shape index (κ3) is 8.72. The van der Waals surface area contributed by atoms with Crippen LogP contribution < -0.4 is 16.0 Å². The largest absolute Gasteiger partial charge is 0.465 e.